The van der Waals surface area contributed by atoms with Gasteiger partial charge in [-0.05, 0) is 37.5 Å². The Hall–Kier alpha value is -1.78. The fourth-order valence-electron chi connectivity index (χ4n) is 2.93. The van der Waals surface area contributed by atoms with Crippen molar-refractivity contribution >= 4 is 17.7 Å². The van der Waals surface area contributed by atoms with Crippen molar-refractivity contribution in [2.24, 2.45) is 0 Å². The van der Waals surface area contributed by atoms with Crippen LogP contribution in [-0.4, -0.2) is 24.7 Å². The summed E-state index contributed by atoms with van der Waals surface area (Å²) in [6.45, 7) is 2.83. The lowest BCUT2D eigenvalue weighted by Crippen LogP contribution is -2.42. The molecular formula is C20H23NO2S. The number of nitrogens with one attached hydrogen (secondary N) is 1. The van der Waals surface area contributed by atoms with Crippen molar-refractivity contribution in [3.05, 3.63) is 66.2 Å². The third-order valence-electron chi connectivity index (χ3n) is 4.23. The molecule has 0 aromatic heterocycles. The van der Waals surface area contributed by atoms with Gasteiger partial charge in [-0.3, -0.25) is 4.79 Å². The average Bonchev–Trinajstić information content (AvgIpc) is 3.16. The Kier molecular flexibility index (Phi) is 5.94. The van der Waals surface area contributed by atoms with Crippen molar-refractivity contribution in [3.8, 4) is 0 Å². The summed E-state index contributed by atoms with van der Waals surface area (Å²) in [4.78, 5) is 14.0. The van der Waals surface area contributed by atoms with Crippen molar-refractivity contribution in [2.45, 2.75) is 42.1 Å². The van der Waals surface area contributed by atoms with Crippen molar-refractivity contribution in [2.75, 3.05) is 6.61 Å². The highest BCUT2D eigenvalue weighted by molar-refractivity contribution is 8.00. The zero-order valence-electron chi connectivity index (χ0n) is 13.9. The third kappa shape index (κ3) is 4.40. The maximum atomic E-state index is 12.9. The summed E-state index contributed by atoms with van der Waals surface area (Å²) in [6.07, 6.45) is 2.22. The lowest BCUT2D eigenvalue weighted by Gasteiger charge is -2.23. The zero-order chi connectivity index (χ0) is 16.8. The highest BCUT2D eigenvalue weighted by Gasteiger charge is 2.28. The molecule has 0 unspecified atom stereocenters. The zero-order valence-corrected chi connectivity index (χ0v) is 14.7. The molecule has 126 valence electrons. The fourth-order valence-corrected chi connectivity index (χ4v) is 3.98. The van der Waals surface area contributed by atoms with Crippen LogP contribution in [0, 0.1) is 0 Å². The van der Waals surface area contributed by atoms with Gasteiger partial charge >= 0.3 is 0 Å². The van der Waals surface area contributed by atoms with Crippen molar-refractivity contribution in [1.29, 1.82) is 0 Å². The quantitative estimate of drug-likeness (QED) is 0.800. The smallest absolute Gasteiger partial charge is 0.238 e. The highest BCUT2D eigenvalue weighted by atomic mass is 32.2. The summed E-state index contributed by atoms with van der Waals surface area (Å²) in [5, 5.41) is 2.89. The van der Waals surface area contributed by atoms with E-state index in [0.717, 1.165) is 29.9 Å². The van der Waals surface area contributed by atoms with Gasteiger partial charge in [-0.2, -0.15) is 0 Å². The second-order valence-electron chi connectivity index (χ2n) is 6.07. The van der Waals surface area contributed by atoms with Crippen LogP contribution in [0.1, 0.15) is 30.6 Å². The van der Waals surface area contributed by atoms with Crippen LogP contribution in [0.15, 0.2) is 65.6 Å². The number of amides is 1. The van der Waals surface area contributed by atoms with Crippen LogP contribution >= 0.6 is 11.8 Å². The van der Waals surface area contributed by atoms with Gasteiger partial charge in [0.2, 0.25) is 5.91 Å². The second kappa shape index (κ2) is 8.36. The summed E-state index contributed by atoms with van der Waals surface area (Å²) >= 11 is 1.58. The van der Waals surface area contributed by atoms with Crippen LogP contribution in [0.5, 0.6) is 0 Å². The molecule has 2 aromatic carbocycles. The summed E-state index contributed by atoms with van der Waals surface area (Å²) in [6, 6.07) is 20.0. The van der Waals surface area contributed by atoms with Gasteiger partial charge in [0, 0.05) is 11.5 Å². The fraction of sp³-hybridized carbons (Fsp3) is 0.350. The molecular weight excluding hydrogens is 318 g/mol. The van der Waals surface area contributed by atoms with Gasteiger partial charge in [0.15, 0.2) is 0 Å². The van der Waals surface area contributed by atoms with Crippen molar-refractivity contribution in [1.82, 2.24) is 5.32 Å². The lowest BCUT2D eigenvalue weighted by molar-refractivity contribution is -0.122. The van der Waals surface area contributed by atoms with E-state index >= 15 is 0 Å². The first kappa shape index (κ1) is 17.1. The third-order valence-corrected chi connectivity index (χ3v) is 5.50. The molecule has 4 heteroatoms. The van der Waals surface area contributed by atoms with E-state index in [4.69, 9.17) is 4.74 Å². The average molecular weight is 341 g/mol. The molecule has 1 saturated heterocycles. The molecule has 0 bridgehead atoms. The number of hydrogen-bond donors (Lipinski definition) is 1. The normalized spacial score (nSPS) is 19.6. The van der Waals surface area contributed by atoms with E-state index in [1.807, 2.05) is 67.6 Å². The first-order valence-corrected chi connectivity index (χ1v) is 9.30. The Bertz CT molecular complexity index is 641. The molecule has 24 heavy (non-hydrogen) atoms. The molecule has 1 amide bonds. The number of benzene rings is 2. The molecule has 3 atom stereocenters. The first-order chi connectivity index (χ1) is 11.7. The molecule has 0 spiro atoms. The molecule has 1 aliphatic heterocycles. The Morgan fingerprint density at radius 1 is 1.12 bits per heavy atom. The van der Waals surface area contributed by atoms with E-state index in [1.165, 1.54) is 0 Å². The number of carbonyl (C=O) groups is 1. The van der Waals surface area contributed by atoms with Crippen LogP contribution < -0.4 is 5.32 Å². The van der Waals surface area contributed by atoms with E-state index in [0.29, 0.717) is 0 Å². The Morgan fingerprint density at radius 2 is 1.79 bits per heavy atom. The van der Waals surface area contributed by atoms with Crippen molar-refractivity contribution in [3.63, 3.8) is 0 Å². The SMILES string of the molecule is C[C@H](NC(=O)[C@@H](Sc1ccccc1)c1ccccc1)[C@@H]1CCCO1. The number of carbonyl (C=O) groups excluding carboxylic acids is 1. The van der Waals surface area contributed by atoms with Gasteiger partial charge in [-0.15, -0.1) is 11.8 Å². The summed E-state index contributed by atoms with van der Waals surface area (Å²) < 4.78 is 5.70. The minimum Gasteiger partial charge on any atom is -0.376 e. The largest absolute Gasteiger partial charge is 0.376 e. The van der Waals surface area contributed by atoms with E-state index in [9.17, 15) is 4.79 Å². The standard InChI is InChI=1S/C20H23NO2S/c1-15(18-13-8-14-23-18)21-20(22)19(16-9-4-2-5-10-16)24-17-11-6-3-7-12-17/h2-7,9-12,15,18-19H,8,13-14H2,1H3,(H,21,22)/t15-,18-,19-/m0/s1. The minimum absolute atomic E-state index is 0.0302. The molecule has 1 N–H and O–H groups in total. The molecule has 1 fully saturated rings. The van der Waals surface area contributed by atoms with Crippen LogP contribution in [0.3, 0.4) is 0 Å². The van der Waals surface area contributed by atoms with E-state index < -0.39 is 0 Å². The number of hydrogen-bond acceptors (Lipinski definition) is 3. The summed E-state index contributed by atoms with van der Waals surface area (Å²) in [5.41, 5.74) is 1.02. The Morgan fingerprint density at radius 3 is 2.42 bits per heavy atom. The topological polar surface area (TPSA) is 38.3 Å². The number of rotatable bonds is 6. The molecule has 1 aliphatic rings. The van der Waals surface area contributed by atoms with Crippen LogP contribution in [0.4, 0.5) is 0 Å². The molecule has 0 radical (unpaired) electrons. The Balaban J connectivity index is 1.74. The van der Waals surface area contributed by atoms with Crippen molar-refractivity contribution < 1.29 is 9.53 Å². The van der Waals surface area contributed by atoms with E-state index in [-0.39, 0.29) is 23.3 Å². The molecule has 3 nitrogen and oxygen atoms in total. The van der Waals surface area contributed by atoms with Gasteiger partial charge in [-0.1, -0.05) is 48.5 Å². The number of ether oxygens (including phenoxy) is 1. The maximum absolute atomic E-state index is 12.9. The summed E-state index contributed by atoms with van der Waals surface area (Å²) in [5.74, 6) is 0.0399. The maximum Gasteiger partial charge on any atom is 0.238 e. The predicted molar refractivity (Wildman–Crippen MR) is 98.1 cm³/mol. The highest BCUT2D eigenvalue weighted by Crippen LogP contribution is 2.35. The first-order valence-electron chi connectivity index (χ1n) is 8.42. The van der Waals surface area contributed by atoms with Crippen LogP contribution in [0.25, 0.3) is 0 Å². The molecule has 0 saturated carbocycles. The Labute approximate surface area is 147 Å². The van der Waals surface area contributed by atoms with E-state index in [1.54, 1.807) is 11.8 Å². The van der Waals surface area contributed by atoms with Crippen LogP contribution in [0.2, 0.25) is 0 Å². The molecule has 0 aliphatic carbocycles. The van der Waals surface area contributed by atoms with Gasteiger partial charge in [-0.25, -0.2) is 0 Å². The lowest BCUT2D eigenvalue weighted by atomic mass is 10.1. The van der Waals surface area contributed by atoms with Gasteiger partial charge in [0.25, 0.3) is 0 Å². The van der Waals surface area contributed by atoms with E-state index in [2.05, 4.69) is 5.32 Å². The number of thioether (sulfide) groups is 1. The molecule has 3 rings (SSSR count). The monoisotopic (exact) mass is 341 g/mol. The second-order valence-corrected chi connectivity index (χ2v) is 7.25. The molecule has 2 aromatic rings. The molecule has 1 heterocycles. The van der Waals surface area contributed by atoms with Gasteiger partial charge in [0.1, 0.15) is 5.25 Å². The van der Waals surface area contributed by atoms with Gasteiger partial charge < -0.3 is 10.1 Å². The summed E-state index contributed by atoms with van der Waals surface area (Å²) in [7, 11) is 0. The predicted octanol–water partition coefficient (Wildman–Crippen LogP) is 4.20. The van der Waals surface area contributed by atoms with Crippen LogP contribution in [-0.2, 0) is 9.53 Å². The van der Waals surface area contributed by atoms with Gasteiger partial charge in [0.05, 0.1) is 12.1 Å². The minimum atomic E-state index is -0.266.